The summed E-state index contributed by atoms with van der Waals surface area (Å²) in [5.74, 6) is 1.38. The van der Waals surface area contributed by atoms with Crippen LogP contribution in [0.3, 0.4) is 0 Å². The molecule has 0 bridgehead atoms. The lowest BCUT2D eigenvalue weighted by Crippen LogP contribution is -2.23. The van der Waals surface area contributed by atoms with Crippen LogP contribution in [-0.2, 0) is 6.54 Å². The SMILES string of the molecule is CCCn1c(C)nc2c(OC)cccc2c1=O. The molecule has 0 N–H and O–H groups in total. The van der Waals surface area contributed by atoms with Gasteiger partial charge in [0.1, 0.15) is 17.1 Å². The van der Waals surface area contributed by atoms with Crippen LogP contribution in [0.2, 0.25) is 0 Å². The second kappa shape index (κ2) is 4.57. The minimum atomic E-state index is 0.00764. The molecule has 4 nitrogen and oxygen atoms in total. The molecule has 0 fully saturated rings. The quantitative estimate of drug-likeness (QED) is 0.814. The molecule has 0 aliphatic rings. The third-order valence-corrected chi connectivity index (χ3v) is 2.81. The molecule has 2 aromatic rings. The van der Waals surface area contributed by atoms with E-state index in [4.69, 9.17) is 4.74 Å². The third-order valence-electron chi connectivity index (χ3n) is 2.81. The first-order valence-electron chi connectivity index (χ1n) is 5.73. The second-order valence-electron chi connectivity index (χ2n) is 3.97. The van der Waals surface area contributed by atoms with Crippen molar-refractivity contribution in [3.8, 4) is 5.75 Å². The van der Waals surface area contributed by atoms with Crippen molar-refractivity contribution in [3.05, 3.63) is 34.4 Å². The zero-order valence-corrected chi connectivity index (χ0v) is 10.4. The maximum Gasteiger partial charge on any atom is 0.261 e. The Bertz CT molecular complexity index is 602. The van der Waals surface area contributed by atoms with Gasteiger partial charge in [-0.1, -0.05) is 13.0 Å². The molecule has 1 aromatic carbocycles. The predicted octanol–water partition coefficient (Wildman–Crippen LogP) is 2.12. The van der Waals surface area contributed by atoms with Crippen LogP contribution >= 0.6 is 0 Å². The maximum absolute atomic E-state index is 12.3. The van der Waals surface area contributed by atoms with Gasteiger partial charge in [-0.2, -0.15) is 0 Å². The fraction of sp³-hybridized carbons (Fsp3) is 0.385. The van der Waals surface area contributed by atoms with Gasteiger partial charge in [0.25, 0.3) is 5.56 Å². The highest BCUT2D eigenvalue weighted by Gasteiger charge is 2.10. The van der Waals surface area contributed by atoms with Crippen molar-refractivity contribution in [2.75, 3.05) is 7.11 Å². The van der Waals surface area contributed by atoms with E-state index in [1.165, 1.54) is 0 Å². The molecule has 0 radical (unpaired) electrons. The van der Waals surface area contributed by atoms with E-state index in [-0.39, 0.29) is 5.56 Å². The van der Waals surface area contributed by atoms with Gasteiger partial charge in [-0.15, -0.1) is 0 Å². The van der Waals surface area contributed by atoms with Crippen LogP contribution in [0.4, 0.5) is 0 Å². The standard InChI is InChI=1S/C13H16N2O2/c1-4-8-15-9(2)14-12-10(13(15)16)6-5-7-11(12)17-3/h5-7H,4,8H2,1-3H3. The van der Waals surface area contributed by atoms with E-state index < -0.39 is 0 Å². The van der Waals surface area contributed by atoms with Gasteiger partial charge in [0.05, 0.1) is 12.5 Å². The van der Waals surface area contributed by atoms with Crippen molar-refractivity contribution >= 4 is 10.9 Å². The number of methoxy groups -OCH3 is 1. The number of ether oxygens (including phenoxy) is 1. The Morgan fingerprint density at radius 2 is 2.18 bits per heavy atom. The number of fused-ring (bicyclic) bond motifs is 1. The van der Waals surface area contributed by atoms with Gasteiger partial charge < -0.3 is 4.74 Å². The van der Waals surface area contributed by atoms with E-state index >= 15 is 0 Å². The molecule has 0 atom stereocenters. The summed E-state index contributed by atoms with van der Waals surface area (Å²) >= 11 is 0. The van der Waals surface area contributed by atoms with Crippen molar-refractivity contribution in [1.82, 2.24) is 9.55 Å². The van der Waals surface area contributed by atoms with Gasteiger partial charge in [0.2, 0.25) is 0 Å². The van der Waals surface area contributed by atoms with Gasteiger partial charge in [-0.05, 0) is 25.5 Å². The molecule has 90 valence electrons. The summed E-state index contributed by atoms with van der Waals surface area (Å²) in [6, 6.07) is 5.42. The Labute approximate surface area is 99.9 Å². The lowest BCUT2D eigenvalue weighted by atomic mass is 10.2. The summed E-state index contributed by atoms with van der Waals surface area (Å²) < 4.78 is 6.94. The predicted molar refractivity (Wildman–Crippen MR) is 67.6 cm³/mol. The highest BCUT2D eigenvalue weighted by molar-refractivity contribution is 5.83. The van der Waals surface area contributed by atoms with Crippen LogP contribution in [0.15, 0.2) is 23.0 Å². The number of hydrogen-bond acceptors (Lipinski definition) is 3. The minimum absolute atomic E-state index is 0.00764. The Morgan fingerprint density at radius 3 is 2.82 bits per heavy atom. The summed E-state index contributed by atoms with van der Waals surface area (Å²) in [5.41, 5.74) is 0.651. The molecule has 0 aliphatic carbocycles. The summed E-state index contributed by atoms with van der Waals surface area (Å²) in [6.07, 6.45) is 0.915. The first-order valence-corrected chi connectivity index (χ1v) is 5.73. The van der Waals surface area contributed by atoms with Gasteiger partial charge in [-0.3, -0.25) is 9.36 Å². The number of benzene rings is 1. The Hall–Kier alpha value is -1.84. The van der Waals surface area contributed by atoms with Crippen molar-refractivity contribution in [3.63, 3.8) is 0 Å². The van der Waals surface area contributed by atoms with Gasteiger partial charge in [0, 0.05) is 6.54 Å². The average Bonchev–Trinajstić information content (AvgIpc) is 2.34. The lowest BCUT2D eigenvalue weighted by Gasteiger charge is -2.11. The average molecular weight is 232 g/mol. The molecule has 0 aliphatic heterocycles. The highest BCUT2D eigenvalue weighted by atomic mass is 16.5. The Kier molecular flexibility index (Phi) is 3.13. The molecule has 0 amide bonds. The normalized spacial score (nSPS) is 10.8. The zero-order valence-electron chi connectivity index (χ0n) is 10.4. The highest BCUT2D eigenvalue weighted by Crippen LogP contribution is 2.21. The van der Waals surface area contributed by atoms with Crippen molar-refractivity contribution < 1.29 is 4.74 Å². The summed E-state index contributed by atoms with van der Waals surface area (Å²) in [6.45, 7) is 4.59. The zero-order chi connectivity index (χ0) is 12.4. The number of para-hydroxylation sites is 1. The van der Waals surface area contributed by atoms with Gasteiger partial charge in [-0.25, -0.2) is 4.98 Å². The van der Waals surface area contributed by atoms with E-state index in [9.17, 15) is 4.79 Å². The van der Waals surface area contributed by atoms with Gasteiger partial charge in [0.15, 0.2) is 0 Å². The number of rotatable bonds is 3. The van der Waals surface area contributed by atoms with Crippen molar-refractivity contribution in [2.24, 2.45) is 0 Å². The van der Waals surface area contributed by atoms with Crippen molar-refractivity contribution in [2.45, 2.75) is 26.8 Å². The first-order chi connectivity index (χ1) is 8.19. The van der Waals surface area contributed by atoms with Crippen LogP contribution in [-0.4, -0.2) is 16.7 Å². The van der Waals surface area contributed by atoms with E-state index in [0.717, 1.165) is 12.2 Å². The minimum Gasteiger partial charge on any atom is -0.494 e. The van der Waals surface area contributed by atoms with Crippen LogP contribution in [0.1, 0.15) is 19.2 Å². The topological polar surface area (TPSA) is 44.1 Å². The lowest BCUT2D eigenvalue weighted by molar-refractivity contribution is 0.418. The van der Waals surface area contributed by atoms with Crippen LogP contribution in [0.25, 0.3) is 10.9 Å². The molecule has 0 saturated heterocycles. The van der Waals surface area contributed by atoms with Gasteiger partial charge >= 0.3 is 0 Å². The summed E-state index contributed by atoms with van der Waals surface area (Å²) in [4.78, 5) is 16.7. The molecule has 1 heterocycles. The largest absolute Gasteiger partial charge is 0.494 e. The molecule has 0 unspecified atom stereocenters. The fourth-order valence-corrected chi connectivity index (χ4v) is 1.98. The molecule has 0 spiro atoms. The molecular weight excluding hydrogens is 216 g/mol. The Balaban J connectivity index is 2.81. The number of hydrogen-bond donors (Lipinski definition) is 0. The van der Waals surface area contributed by atoms with E-state index in [0.29, 0.717) is 23.2 Å². The summed E-state index contributed by atoms with van der Waals surface area (Å²) in [7, 11) is 1.59. The Morgan fingerprint density at radius 1 is 1.41 bits per heavy atom. The van der Waals surface area contributed by atoms with Crippen molar-refractivity contribution in [1.29, 1.82) is 0 Å². The number of aryl methyl sites for hydroxylation is 1. The molecule has 4 heteroatoms. The first kappa shape index (κ1) is 11.6. The maximum atomic E-state index is 12.3. The number of aromatic nitrogens is 2. The van der Waals surface area contributed by atoms with E-state index in [1.54, 1.807) is 17.7 Å². The second-order valence-corrected chi connectivity index (χ2v) is 3.97. The molecule has 0 saturated carbocycles. The van der Waals surface area contributed by atoms with Crippen LogP contribution in [0, 0.1) is 6.92 Å². The smallest absolute Gasteiger partial charge is 0.261 e. The monoisotopic (exact) mass is 232 g/mol. The molecule has 1 aromatic heterocycles. The number of nitrogens with zero attached hydrogens (tertiary/aromatic N) is 2. The molecule has 2 rings (SSSR count). The fourth-order valence-electron chi connectivity index (χ4n) is 1.98. The third kappa shape index (κ3) is 1.90. The van der Waals surface area contributed by atoms with Crippen LogP contribution in [0.5, 0.6) is 5.75 Å². The van der Waals surface area contributed by atoms with E-state index in [1.807, 2.05) is 26.0 Å². The van der Waals surface area contributed by atoms with Crippen LogP contribution < -0.4 is 10.3 Å². The summed E-state index contributed by atoms with van der Waals surface area (Å²) in [5, 5.41) is 0.614. The molecular formula is C13H16N2O2. The van der Waals surface area contributed by atoms with E-state index in [2.05, 4.69) is 4.98 Å². The molecule has 17 heavy (non-hydrogen) atoms.